The molecular weight excluding hydrogens is 550 g/mol. The van der Waals surface area contributed by atoms with Gasteiger partial charge in [-0.1, -0.05) is 6.07 Å². The molecule has 0 aliphatic carbocycles. The number of aryl methyl sites for hydroxylation is 2. The van der Waals surface area contributed by atoms with Crippen molar-refractivity contribution in [2.75, 3.05) is 31.0 Å². The van der Waals surface area contributed by atoms with Crippen molar-refractivity contribution < 1.29 is 23.8 Å². The predicted octanol–water partition coefficient (Wildman–Crippen LogP) is 6.04. The first-order valence-corrected chi connectivity index (χ1v) is 12.6. The number of nitrogens with zero attached hydrogens (tertiary/aromatic N) is 1. The van der Waals surface area contributed by atoms with Crippen molar-refractivity contribution in [1.82, 2.24) is 0 Å². The molecule has 2 amide bonds. The van der Waals surface area contributed by atoms with Gasteiger partial charge in [0.25, 0.3) is 11.8 Å². The fraction of sp³-hybridized carbons (Fsp3) is 0.207. The van der Waals surface area contributed by atoms with Crippen molar-refractivity contribution in [3.05, 3.63) is 81.3 Å². The number of benzene rings is 3. The number of nitriles is 1. The Balaban J connectivity index is 1.71. The summed E-state index contributed by atoms with van der Waals surface area (Å²) in [5.74, 6) is 0.438. The van der Waals surface area contributed by atoms with E-state index in [1.54, 1.807) is 36.4 Å². The number of anilines is 2. The van der Waals surface area contributed by atoms with Gasteiger partial charge in [0, 0.05) is 11.4 Å². The number of hydrogen-bond donors (Lipinski definition) is 2. The number of ether oxygens (including phenoxy) is 3. The van der Waals surface area contributed by atoms with Gasteiger partial charge in [0.15, 0.2) is 18.1 Å². The summed E-state index contributed by atoms with van der Waals surface area (Å²) in [6.07, 6.45) is 1.44. The highest BCUT2D eigenvalue weighted by Gasteiger charge is 2.16. The van der Waals surface area contributed by atoms with E-state index in [-0.39, 0.29) is 18.1 Å². The van der Waals surface area contributed by atoms with E-state index >= 15 is 0 Å². The van der Waals surface area contributed by atoms with Gasteiger partial charge in [0.1, 0.15) is 17.4 Å². The monoisotopic (exact) mass is 577 g/mol. The first kappa shape index (κ1) is 28.3. The van der Waals surface area contributed by atoms with Crippen molar-refractivity contribution in [2.45, 2.75) is 20.8 Å². The predicted molar refractivity (Wildman–Crippen MR) is 151 cm³/mol. The zero-order valence-electron chi connectivity index (χ0n) is 21.6. The highest BCUT2D eigenvalue weighted by Crippen LogP contribution is 2.37. The van der Waals surface area contributed by atoms with Gasteiger partial charge in [-0.15, -0.1) is 0 Å². The molecule has 0 spiro atoms. The van der Waals surface area contributed by atoms with E-state index in [1.165, 1.54) is 13.2 Å². The van der Waals surface area contributed by atoms with Crippen LogP contribution in [0.15, 0.2) is 64.6 Å². The van der Waals surface area contributed by atoms with E-state index in [0.29, 0.717) is 45.3 Å². The summed E-state index contributed by atoms with van der Waals surface area (Å²) in [6.45, 7) is 6.15. The van der Waals surface area contributed by atoms with Crippen molar-refractivity contribution in [3.63, 3.8) is 0 Å². The molecule has 0 bridgehead atoms. The number of carbonyl (C=O) groups is 2. The van der Waals surface area contributed by atoms with E-state index in [9.17, 15) is 14.9 Å². The van der Waals surface area contributed by atoms with Gasteiger partial charge in [0.2, 0.25) is 0 Å². The lowest BCUT2D eigenvalue weighted by molar-refractivity contribution is -0.118. The quantitative estimate of drug-likeness (QED) is 0.224. The number of methoxy groups -OCH3 is 1. The molecule has 0 saturated heterocycles. The Kier molecular flexibility index (Phi) is 9.91. The van der Waals surface area contributed by atoms with E-state index in [2.05, 4.69) is 26.6 Å². The van der Waals surface area contributed by atoms with Crippen LogP contribution in [0.5, 0.6) is 17.2 Å². The molecule has 3 aromatic carbocycles. The Morgan fingerprint density at radius 2 is 1.68 bits per heavy atom. The van der Waals surface area contributed by atoms with Crippen LogP contribution in [-0.4, -0.2) is 32.1 Å². The fourth-order valence-corrected chi connectivity index (χ4v) is 4.01. The Morgan fingerprint density at radius 1 is 0.974 bits per heavy atom. The van der Waals surface area contributed by atoms with Crippen LogP contribution in [0.1, 0.15) is 23.6 Å². The third kappa shape index (κ3) is 7.60. The number of amides is 2. The molecule has 3 aromatic rings. The van der Waals surface area contributed by atoms with Crippen LogP contribution in [0.2, 0.25) is 0 Å². The zero-order chi connectivity index (χ0) is 27.7. The molecule has 9 heteroatoms. The highest BCUT2D eigenvalue weighted by molar-refractivity contribution is 9.10. The lowest BCUT2D eigenvalue weighted by Gasteiger charge is -2.14. The molecule has 0 fully saturated rings. The molecule has 0 radical (unpaired) electrons. The second-order valence-electron chi connectivity index (χ2n) is 8.25. The summed E-state index contributed by atoms with van der Waals surface area (Å²) >= 11 is 3.43. The average molecular weight is 578 g/mol. The Bertz CT molecular complexity index is 1390. The lowest BCUT2D eigenvalue weighted by atomic mass is 10.1. The van der Waals surface area contributed by atoms with Crippen LogP contribution in [0, 0.1) is 25.2 Å². The summed E-state index contributed by atoms with van der Waals surface area (Å²) in [7, 11) is 1.46. The molecule has 0 saturated carbocycles. The summed E-state index contributed by atoms with van der Waals surface area (Å²) < 4.78 is 17.1. The summed E-state index contributed by atoms with van der Waals surface area (Å²) in [4.78, 5) is 25.1. The van der Waals surface area contributed by atoms with Gasteiger partial charge >= 0.3 is 0 Å². The van der Waals surface area contributed by atoms with Gasteiger partial charge in [0.05, 0.1) is 18.2 Å². The van der Waals surface area contributed by atoms with Crippen molar-refractivity contribution in [3.8, 4) is 23.3 Å². The molecule has 0 atom stereocenters. The molecule has 0 aliphatic rings. The van der Waals surface area contributed by atoms with E-state index in [1.807, 2.05) is 45.0 Å². The van der Waals surface area contributed by atoms with Gasteiger partial charge in [-0.05, 0) is 108 Å². The Morgan fingerprint density at radius 3 is 2.32 bits per heavy atom. The molecule has 0 unspecified atom stereocenters. The molecule has 38 heavy (non-hydrogen) atoms. The highest BCUT2D eigenvalue weighted by atomic mass is 79.9. The summed E-state index contributed by atoms with van der Waals surface area (Å²) in [5.41, 5.74) is 3.84. The Labute approximate surface area is 230 Å². The van der Waals surface area contributed by atoms with Crippen LogP contribution in [0.4, 0.5) is 11.4 Å². The van der Waals surface area contributed by atoms with E-state index in [4.69, 9.17) is 14.2 Å². The third-order valence-electron chi connectivity index (χ3n) is 5.49. The molecule has 196 valence electrons. The average Bonchev–Trinajstić information content (AvgIpc) is 2.89. The molecule has 0 aromatic heterocycles. The first-order valence-electron chi connectivity index (χ1n) is 11.8. The maximum atomic E-state index is 12.7. The minimum absolute atomic E-state index is 0.103. The number of rotatable bonds is 10. The largest absolute Gasteiger partial charge is 0.494 e. The van der Waals surface area contributed by atoms with Gasteiger partial charge < -0.3 is 24.8 Å². The fourth-order valence-electron chi connectivity index (χ4n) is 3.43. The van der Waals surface area contributed by atoms with Crippen LogP contribution >= 0.6 is 15.9 Å². The molecule has 2 N–H and O–H groups in total. The van der Waals surface area contributed by atoms with Crippen LogP contribution < -0.4 is 24.8 Å². The van der Waals surface area contributed by atoms with Gasteiger partial charge in [-0.3, -0.25) is 9.59 Å². The van der Waals surface area contributed by atoms with E-state index in [0.717, 1.165) is 11.1 Å². The number of halogens is 1. The maximum absolute atomic E-state index is 12.7. The maximum Gasteiger partial charge on any atom is 0.266 e. The standard InChI is InChI=1S/C29H28BrN3O5/c1-5-37-24-10-8-22(9-11-24)33-29(35)21(16-31)13-20-14-25(30)28(26(15-20)36-4)38-17-27(34)32-23-7-6-18(2)19(3)12-23/h6-15H,5,17H2,1-4H3,(H,32,34)(H,33,35)/b21-13+. The Hall–Kier alpha value is -4.29. The SMILES string of the molecule is CCOc1ccc(NC(=O)/C(C#N)=C/c2cc(Br)c(OCC(=O)Nc3ccc(C)c(C)c3)c(OC)c2)cc1. The molecule has 0 aliphatic heterocycles. The van der Waals surface area contributed by atoms with Crippen LogP contribution in [0.3, 0.4) is 0 Å². The van der Waals surface area contributed by atoms with Gasteiger partial charge in [-0.25, -0.2) is 0 Å². The van der Waals surface area contributed by atoms with Crippen molar-refractivity contribution >= 4 is 45.2 Å². The normalized spacial score (nSPS) is 10.8. The molecule has 0 heterocycles. The van der Waals surface area contributed by atoms with Gasteiger partial charge in [-0.2, -0.15) is 5.26 Å². The number of hydrogen-bond acceptors (Lipinski definition) is 6. The van der Waals surface area contributed by atoms with Crippen LogP contribution in [0.25, 0.3) is 6.08 Å². The minimum atomic E-state index is -0.560. The van der Waals surface area contributed by atoms with Crippen molar-refractivity contribution in [1.29, 1.82) is 5.26 Å². The second-order valence-corrected chi connectivity index (χ2v) is 9.11. The van der Waals surface area contributed by atoms with Crippen LogP contribution in [-0.2, 0) is 9.59 Å². The first-order chi connectivity index (χ1) is 18.2. The van der Waals surface area contributed by atoms with E-state index < -0.39 is 5.91 Å². The summed E-state index contributed by atoms with van der Waals surface area (Å²) in [6, 6.07) is 17.7. The second kappa shape index (κ2) is 13.3. The smallest absolute Gasteiger partial charge is 0.266 e. The molecular formula is C29H28BrN3O5. The lowest BCUT2D eigenvalue weighted by Crippen LogP contribution is -2.20. The topological polar surface area (TPSA) is 110 Å². The third-order valence-corrected chi connectivity index (χ3v) is 6.08. The van der Waals surface area contributed by atoms with Crippen molar-refractivity contribution in [2.24, 2.45) is 0 Å². The molecule has 8 nitrogen and oxygen atoms in total. The number of carbonyl (C=O) groups excluding carboxylic acids is 2. The number of nitrogens with one attached hydrogen (secondary N) is 2. The molecule has 3 rings (SSSR count). The minimum Gasteiger partial charge on any atom is -0.494 e. The zero-order valence-corrected chi connectivity index (χ0v) is 23.1. The summed E-state index contributed by atoms with van der Waals surface area (Å²) in [5, 5.41) is 15.1.